The average molecular weight is 348 g/mol. The summed E-state index contributed by atoms with van der Waals surface area (Å²) < 4.78 is 0. The van der Waals surface area contributed by atoms with E-state index < -0.39 is 0 Å². The zero-order valence-electron chi connectivity index (χ0n) is 16.6. The average Bonchev–Trinajstić information content (AvgIpc) is 2.53. The Bertz CT molecular complexity index is 163. The van der Waals surface area contributed by atoms with E-state index in [-0.39, 0.29) is 12.4 Å². The Morgan fingerprint density at radius 3 is 0.913 bits per heavy atom. The molecule has 0 aliphatic heterocycles. The van der Waals surface area contributed by atoms with Gasteiger partial charge in [0.05, 0.1) is 0 Å². The van der Waals surface area contributed by atoms with Gasteiger partial charge in [-0.05, 0) is 38.9 Å². The van der Waals surface area contributed by atoms with Gasteiger partial charge in [-0.1, -0.05) is 97.8 Å². The standard InChI is InChI=1S/C21H45N.ClH/c1-4-7-10-13-16-19-22(20-17-14-11-8-5-2)21-18-15-12-9-6-3;/h4-21H2,1-3H3;1H. The van der Waals surface area contributed by atoms with E-state index in [0.29, 0.717) is 0 Å². The molecule has 0 atom stereocenters. The zero-order chi connectivity index (χ0) is 16.3. The molecule has 23 heavy (non-hydrogen) atoms. The lowest BCUT2D eigenvalue weighted by molar-refractivity contribution is 0.254. The van der Waals surface area contributed by atoms with E-state index in [1.165, 1.54) is 116 Å². The Kier molecular flexibility index (Phi) is 24.7. The number of hydrogen-bond donors (Lipinski definition) is 0. The molecule has 0 bridgehead atoms. The third kappa shape index (κ3) is 20.2. The fourth-order valence-electron chi connectivity index (χ4n) is 3.15. The van der Waals surface area contributed by atoms with Gasteiger partial charge in [-0.15, -0.1) is 12.4 Å². The molecule has 1 nitrogen and oxygen atoms in total. The number of nitrogens with zero attached hydrogens (tertiary/aromatic N) is 1. The molecule has 0 radical (unpaired) electrons. The molecule has 0 heterocycles. The topological polar surface area (TPSA) is 3.24 Å². The van der Waals surface area contributed by atoms with Crippen LogP contribution in [0.3, 0.4) is 0 Å². The normalized spacial score (nSPS) is 11.0. The molecule has 2 heteroatoms. The summed E-state index contributed by atoms with van der Waals surface area (Å²) in [5.74, 6) is 0. The van der Waals surface area contributed by atoms with Gasteiger partial charge >= 0.3 is 0 Å². The highest BCUT2D eigenvalue weighted by Gasteiger charge is 2.04. The van der Waals surface area contributed by atoms with Crippen LogP contribution in [-0.4, -0.2) is 24.5 Å². The summed E-state index contributed by atoms with van der Waals surface area (Å²) in [6.45, 7) is 11.0. The van der Waals surface area contributed by atoms with Crippen molar-refractivity contribution in [2.45, 2.75) is 117 Å². The van der Waals surface area contributed by atoms with Crippen LogP contribution >= 0.6 is 12.4 Å². The molecule has 0 N–H and O–H groups in total. The van der Waals surface area contributed by atoms with Crippen molar-refractivity contribution in [1.82, 2.24) is 4.90 Å². The molecule has 0 aromatic heterocycles. The lowest BCUT2D eigenvalue weighted by Gasteiger charge is -2.22. The fourth-order valence-corrected chi connectivity index (χ4v) is 3.15. The third-order valence-electron chi connectivity index (χ3n) is 4.73. The van der Waals surface area contributed by atoms with Gasteiger partial charge in [-0.3, -0.25) is 0 Å². The molecule has 0 spiro atoms. The van der Waals surface area contributed by atoms with Gasteiger partial charge in [0.2, 0.25) is 0 Å². The number of hydrogen-bond acceptors (Lipinski definition) is 1. The lowest BCUT2D eigenvalue weighted by atomic mass is 10.1. The summed E-state index contributed by atoms with van der Waals surface area (Å²) in [4.78, 5) is 2.77. The van der Waals surface area contributed by atoms with Crippen LogP contribution in [0.5, 0.6) is 0 Å². The van der Waals surface area contributed by atoms with Crippen LogP contribution < -0.4 is 0 Å². The van der Waals surface area contributed by atoms with E-state index in [4.69, 9.17) is 0 Å². The molecule has 0 aliphatic carbocycles. The monoisotopic (exact) mass is 347 g/mol. The third-order valence-corrected chi connectivity index (χ3v) is 4.73. The smallest absolute Gasteiger partial charge is 0.00187 e. The highest BCUT2D eigenvalue weighted by Crippen LogP contribution is 2.09. The van der Waals surface area contributed by atoms with Crippen LogP contribution in [0.25, 0.3) is 0 Å². The van der Waals surface area contributed by atoms with Gasteiger partial charge in [-0.25, -0.2) is 0 Å². The van der Waals surface area contributed by atoms with Crippen molar-refractivity contribution in [3.8, 4) is 0 Å². The predicted octanol–water partition coefficient (Wildman–Crippen LogP) is 7.62. The molecule has 0 amide bonds. The quantitative estimate of drug-likeness (QED) is 0.230. The van der Waals surface area contributed by atoms with Crippen LogP contribution in [0.15, 0.2) is 0 Å². The van der Waals surface area contributed by atoms with Crippen LogP contribution in [-0.2, 0) is 0 Å². The summed E-state index contributed by atoms with van der Waals surface area (Å²) in [6, 6.07) is 0. The summed E-state index contributed by atoms with van der Waals surface area (Å²) in [5.41, 5.74) is 0. The van der Waals surface area contributed by atoms with Crippen molar-refractivity contribution in [2.24, 2.45) is 0 Å². The second kappa shape index (κ2) is 22.2. The summed E-state index contributed by atoms with van der Waals surface area (Å²) >= 11 is 0. The summed E-state index contributed by atoms with van der Waals surface area (Å²) in [7, 11) is 0. The summed E-state index contributed by atoms with van der Waals surface area (Å²) in [6.07, 6.45) is 21.3. The van der Waals surface area contributed by atoms with Crippen LogP contribution in [0.4, 0.5) is 0 Å². The van der Waals surface area contributed by atoms with Gasteiger partial charge in [0, 0.05) is 0 Å². The van der Waals surface area contributed by atoms with E-state index in [9.17, 15) is 0 Å². The highest BCUT2D eigenvalue weighted by atomic mass is 35.5. The zero-order valence-corrected chi connectivity index (χ0v) is 17.4. The minimum atomic E-state index is 0. The molecule has 0 saturated heterocycles. The van der Waals surface area contributed by atoms with Crippen molar-refractivity contribution < 1.29 is 0 Å². The van der Waals surface area contributed by atoms with Crippen molar-refractivity contribution >= 4 is 12.4 Å². The second-order valence-electron chi connectivity index (χ2n) is 7.08. The number of unbranched alkanes of at least 4 members (excludes halogenated alkanes) is 12. The summed E-state index contributed by atoms with van der Waals surface area (Å²) in [5, 5.41) is 0. The first kappa shape index (κ1) is 25.5. The molecule has 0 fully saturated rings. The van der Waals surface area contributed by atoms with E-state index in [1.54, 1.807) is 0 Å². The van der Waals surface area contributed by atoms with Gasteiger partial charge in [0.1, 0.15) is 0 Å². The Labute approximate surface area is 154 Å². The van der Waals surface area contributed by atoms with E-state index in [0.717, 1.165) is 0 Å². The fraction of sp³-hybridized carbons (Fsp3) is 1.00. The predicted molar refractivity (Wildman–Crippen MR) is 110 cm³/mol. The number of rotatable bonds is 18. The van der Waals surface area contributed by atoms with Gasteiger partial charge in [0.15, 0.2) is 0 Å². The Hall–Kier alpha value is 0.250. The van der Waals surface area contributed by atoms with E-state index in [1.807, 2.05) is 0 Å². The Morgan fingerprint density at radius 2 is 0.652 bits per heavy atom. The molecule has 0 aromatic carbocycles. The van der Waals surface area contributed by atoms with Gasteiger partial charge in [0.25, 0.3) is 0 Å². The van der Waals surface area contributed by atoms with Crippen LogP contribution in [0.2, 0.25) is 0 Å². The molecule has 0 saturated carbocycles. The first-order valence-corrected chi connectivity index (χ1v) is 10.6. The Morgan fingerprint density at radius 1 is 0.391 bits per heavy atom. The van der Waals surface area contributed by atoms with E-state index in [2.05, 4.69) is 25.7 Å². The van der Waals surface area contributed by atoms with Crippen molar-refractivity contribution in [3.63, 3.8) is 0 Å². The van der Waals surface area contributed by atoms with Crippen molar-refractivity contribution in [1.29, 1.82) is 0 Å². The Balaban J connectivity index is 0. The maximum atomic E-state index is 2.77. The SMILES string of the molecule is CCCCCCCN(CCCCCCC)CCCCCCC.Cl. The molecule has 0 aliphatic rings. The molecule has 0 aromatic rings. The minimum Gasteiger partial charge on any atom is -0.303 e. The molecular weight excluding hydrogens is 302 g/mol. The maximum Gasteiger partial charge on any atom is -0.00187 e. The second-order valence-corrected chi connectivity index (χ2v) is 7.08. The van der Waals surface area contributed by atoms with Crippen molar-refractivity contribution in [2.75, 3.05) is 19.6 Å². The largest absolute Gasteiger partial charge is 0.303 e. The van der Waals surface area contributed by atoms with Crippen molar-refractivity contribution in [3.05, 3.63) is 0 Å². The van der Waals surface area contributed by atoms with Gasteiger partial charge in [-0.2, -0.15) is 0 Å². The van der Waals surface area contributed by atoms with E-state index >= 15 is 0 Å². The highest BCUT2D eigenvalue weighted by molar-refractivity contribution is 5.85. The molecule has 0 unspecified atom stereocenters. The van der Waals surface area contributed by atoms with Crippen LogP contribution in [0.1, 0.15) is 117 Å². The first-order chi connectivity index (χ1) is 10.8. The maximum absolute atomic E-state index is 2.77. The molecular formula is C21H46ClN. The first-order valence-electron chi connectivity index (χ1n) is 10.6. The van der Waals surface area contributed by atoms with Crippen LogP contribution in [0, 0.1) is 0 Å². The van der Waals surface area contributed by atoms with Gasteiger partial charge < -0.3 is 4.90 Å². The minimum absolute atomic E-state index is 0. The molecule has 0 rings (SSSR count). The molecule has 142 valence electrons. The lowest BCUT2D eigenvalue weighted by Crippen LogP contribution is -2.27. The number of halogens is 1.